The van der Waals surface area contributed by atoms with Gasteiger partial charge in [-0.3, -0.25) is 9.59 Å². The third kappa shape index (κ3) is 5.10. The number of anilines is 1. The van der Waals surface area contributed by atoms with Crippen molar-refractivity contribution in [1.29, 1.82) is 5.26 Å². The van der Waals surface area contributed by atoms with Gasteiger partial charge in [0.25, 0.3) is 5.91 Å². The van der Waals surface area contributed by atoms with E-state index in [4.69, 9.17) is 11.6 Å². The Balaban J connectivity index is 1.72. The monoisotopic (exact) mass is 505 g/mol. The van der Waals surface area contributed by atoms with Crippen molar-refractivity contribution in [2.24, 2.45) is 0 Å². The fourth-order valence-electron chi connectivity index (χ4n) is 3.71. The third-order valence-corrected chi connectivity index (χ3v) is 7.56. The summed E-state index contributed by atoms with van der Waals surface area (Å²) in [5, 5.41) is 19.1. The molecule has 1 aliphatic rings. The van der Waals surface area contributed by atoms with Crippen LogP contribution in [0, 0.1) is 11.3 Å². The van der Waals surface area contributed by atoms with Crippen LogP contribution in [0.3, 0.4) is 0 Å². The number of allylic oxidation sites excluding steroid dienone is 2. The molecule has 8 heteroatoms. The molecular weight excluding hydrogens is 486 g/mol. The number of carbonyl (C=O) groups excluding carboxylic acids is 2. The minimum Gasteiger partial charge on any atom is -0.353 e. The number of halogens is 1. The molecule has 2 aromatic carbocycles. The molecule has 2 N–H and O–H groups in total. The van der Waals surface area contributed by atoms with E-state index in [-0.39, 0.29) is 17.4 Å². The Morgan fingerprint density at radius 3 is 2.53 bits per heavy atom. The first-order chi connectivity index (χ1) is 16.5. The SMILES string of the molecule is CC1=C(C(=O)Nc2ccccc2)C(c2ccccc2Cl)C(C#N)=C(SCC(=O)c2cccs2)N1. The molecule has 1 unspecified atom stereocenters. The van der Waals surface area contributed by atoms with Crippen LogP contribution in [0.2, 0.25) is 5.02 Å². The molecule has 1 atom stereocenters. The van der Waals surface area contributed by atoms with Crippen LogP contribution in [0.25, 0.3) is 0 Å². The Kier molecular flexibility index (Phi) is 7.53. The highest BCUT2D eigenvalue weighted by Crippen LogP contribution is 2.43. The predicted molar refractivity (Wildman–Crippen MR) is 139 cm³/mol. The van der Waals surface area contributed by atoms with E-state index >= 15 is 0 Å². The minimum atomic E-state index is -0.678. The van der Waals surface area contributed by atoms with Gasteiger partial charge < -0.3 is 10.6 Å². The molecule has 4 rings (SSSR count). The van der Waals surface area contributed by atoms with Gasteiger partial charge in [-0.2, -0.15) is 5.26 Å². The number of Topliss-reactive ketones (excluding diaryl/α,β-unsaturated/α-hetero) is 1. The number of benzene rings is 2. The number of ketones is 1. The molecule has 2 heterocycles. The zero-order chi connectivity index (χ0) is 24.1. The van der Waals surface area contributed by atoms with Crippen LogP contribution < -0.4 is 10.6 Å². The largest absolute Gasteiger partial charge is 0.353 e. The maximum absolute atomic E-state index is 13.4. The molecule has 0 saturated heterocycles. The second-order valence-electron chi connectivity index (χ2n) is 7.48. The second kappa shape index (κ2) is 10.7. The number of thiophene rings is 1. The summed E-state index contributed by atoms with van der Waals surface area (Å²) in [7, 11) is 0. The number of amides is 1. The number of thioether (sulfide) groups is 1. The fraction of sp³-hybridized carbons (Fsp3) is 0.115. The van der Waals surface area contributed by atoms with Crippen molar-refractivity contribution in [3.05, 3.63) is 109 Å². The van der Waals surface area contributed by atoms with E-state index < -0.39 is 5.92 Å². The molecule has 34 heavy (non-hydrogen) atoms. The second-order valence-corrected chi connectivity index (χ2v) is 9.82. The van der Waals surface area contributed by atoms with Crippen LogP contribution in [-0.2, 0) is 4.79 Å². The van der Waals surface area contributed by atoms with Crippen LogP contribution in [0.5, 0.6) is 0 Å². The van der Waals surface area contributed by atoms with Gasteiger partial charge in [0.05, 0.1) is 33.2 Å². The van der Waals surface area contributed by atoms with Crippen LogP contribution in [0.1, 0.15) is 28.1 Å². The average molecular weight is 506 g/mol. The first-order valence-corrected chi connectivity index (χ1v) is 12.7. The topological polar surface area (TPSA) is 82.0 Å². The van der Waals surface area contributed by atoms with E-state index in [1.54, 1.807) is 37.3 Å². The first kappa shape index (κ1) is 23.8. The molecule has 0 bridgehead atoms. The van der Waals surface area contributed by atoms with Gasteiger partial charge in [0.15, 0.2) is 5.78 Å². The fourth-order valence-corrected chi connectivity index (χ4v) is 5.69. The average Bonchev–Trinajstić information content (AvgIpc) is 3.38. The van der Waals surface area contributed by atoms with Gasteiger partial charge in [0, 0.05) is 22.0 Å². The van der Waals surface area contributed by atoms with Gasteiger partial charge in [-0.25, -0.2) is 0 Å². The molecular formula is C26H20ClN3O2S2. The molecule has 1 aromatic heterocycles. The Bertz CT molecular complexity index is 1330. The molecule has 5 nitrogen and oxygen atoms in total. The highest BCUT2D eigenvalue weighted by Gasteiger charge is 2.36. The summed E-state index contributed by atoms with van der Waals surface area (Å²) in [5.41, 5.74) is 2.66. The van der Waals surface area contributed by atoms with E-state index in [2.05, 4.69) is 16.7 Å². The maximum atomic E-state index is 13.4. The quantitative estimate of drug-likeness (QED) is 0.365. The van der Waals surface area contributed by atoms with Gasteiger partial charge in [-0.15, -0.1) is 11.3 Å². The number of nitrogens with one attached hydrogen (secondary N) is 2. The number of hydrogen-bond donors (Lipinski definition) is 2. The molecule has 0 aliphatic carbocycles. The number of nitriles is 1. The number of carbonyl (C=O) groups is 2. The van der Waals surface area contributed by atoms with Crippen LogP contribution in [-0.4, -0.2) is 17.4 Å². The zero-order valence-corrected chi connectivity index (χ0v) is 20.6. The molecule has 0 saturated carbocycles. The number of para-hydroxylation sites is 1. The van der Waals surface area contributed by atoms with Crippen molar-refractivity contribution in [3.8, 4) is 6.07 Å². The minimum absolute atomic E-state index is 0.0184. The lowest BCUT2D eigenvalue weighted by molar-refractivity contribution is -0.113. The molecule has 0 spiro atoms. The van der Waals surface area contributed by atoms with Crippen molar-refractivity contribution >= 4 is 52.1 Å². The number of nitrogens with zero attached hydrogens (tertiary/aromatic N) is 1. The summed E-state index contributed by atoms with van der Waals surface area (Å²) in [4.78, 5) is 26.7. The van der Waals surface area contributed by atoms with Gasteiger partial charge in [-0.05, 0) is 42.1 Å². The smallest absolute Gasteiger partial charge is 0.254 e. The Labute approximate surface area is 211 Å². The van der Waals surface area contributed by atoms with Crippen molar-refractivity contribution in [2.75, 3.05) is 11.1 Å². The van der Waals surface area contributed by atoms with Crippen molar-refractivity contribution < 1.29 is 9.59 Å². The molecule has 0 radical (unpaired) electrons. The summed E-state index contributed by atoms with van der Waals surface area (Å²) in [6.07, 6.45) is 0. The molecule has 1 aliphatic heterocycles. The van der Waals surface area contributed by atoms with E-state index in [0.717, 1.165) is 0 Å². The Hall–Kier alpha value is -3.31. The van der Waals surface area contributed by atoms with Gasteiger partial charge in [0.1, 0.15) is 0 Å². The number of dihydropyridines is 1. The van der Waals surface area contributed by atoms with E-state index in [1.807, 2.05) is 41.8 Å². The molecule has 170 valence electrons. The van der Waals surface area contributed by atoms with Crippen molar-refractivity contribution in [3.63, 3.8) is 0 Å². The number of rotatable bonds is 7. The van der Waals surface area contributed by atoms with Crippen LogP contribution >= 0.6 is 34.7 Å². The first-order valence-electron chi connectivity index (χ1n) is 10.4. The van der Waals surface area contributed by atoms with Crippen LogP contribution in [0.4, 0.5) is 5.69 Å². The Morgan fingerprint density at radius 2 is 1.85 bits per heavy atom. The lowest BCUT2D eigenvalue weighted by Crippen LogP contribution is -2.31. The zero-order valence-electron chi connectivity index (χ0n) is 18.2. The summed E-state index contributed by atoms with van der Waals surface area (Å²) >= 11 is 9.18. The van der Waals surface area contributed by atoms with Gasteiger partial charge in [0.2, 0.25) is 0 Å². The van der Waals surface area contributed by atoms with Crippen LogP contribution in [0.15, 0.2) is 94.0 Å². The highest BCUT2D eigenvalue weighted by atomic mass is 35.5. The molecule has 1 amide bonds. The standard InChI is InChI=1S/C26H20ClN3O2S2/c1-16-23(25(32)30-17-8-3-2-4-9-17)24(18-10-5-6-11-20(18)27)19(14-28)26(29-16)34-15-21(31)22-12-7-13-33-22/h2-13,24,29H,15H2,1H3,(H,30,32). The van der Waals surface area contributed by atoms with Gasteiger partial charge >= 0.3 is 0 Å². The van der Waals surface area contributed by atoms with E-state index in [1.165, 1.54) is 23.1 Å². The third-order valence-electron chi connectivity index (χ3n) is 5.28. The lowest BCUT2D eigenvalue weighted by Gasteiger charge is -2.30. The number of hydrogen-bond acceptors (Lipinski definition) is 6. The maximum Gasteiger partial charge on any atom is 0.254 e. The lowest BCUT2D eigenvalue weighted by atomic mass is 9.82. The summed E-state index contributed by atoms with van der Waals surface area (Å²) < 4.78 is 0. The predicted octanol–water partition coefficient (Wildman–Crippen LogP) is 6.35. The van der Waals surface area contributed by atoms with Crippen molar-refractivity contribution in [1.82, 2.24) is 5.32 Å². The molecule has 3 aromatic rings. The Morgan fingerprint density at radius 1 is 1.12 bits per heavy atom. The van der Waals surface area contributed by atoms with E-state index in [9.17, 15) is 14.9 Å². The van der Waals surface area contributed by atoms with Gasteiger partial charge in [-0.1, -0.05) is 65.8 Å². The summed E-state index contributed by atoms with van der Waals surface area (Å²) in [5.74, 6) is -0.854. The molecule has 0 fully saturated rings. The highest BCUT2D eigenvalue weighted by molar-refractivity contribution is 8.03. The van der Waals surface area contributed by atoms with Crippen molar-refractivity contribution in [2.45, 2.75) is 12.8 Å². The normalized spacial score (nSPS) is 15.5. The summed E-state index contributed by atoms with van der Waals surface area (Å²) in [6, 6.07) is 22.2. The van der Waals surface area contributed by atoms with E-state index in [0.29, 0.717) is 43.0 Å². The summed E-state index contributed by atoms with van der Waals surface area (Å²) in [6.45, 7) is 1.79.